The lowest BCUT2D eigenvalue weighted by molar-refractivity contribution is -0.121. The van der Waals surface area contributed by atoms with Crippen molar-refractivity contribution in [1.82, 2.24) is 5.32 Å². The van der Waals surface area contributed by atoms with Crippen LogP contribution < -0.4 is 5.32 Å². The Morgan fingerprint density at radius 2 is 2.24 bits per heavy atom. The second-order valence-corrected chi connectivity index (χ2v) is 7.08. The van der Waals surface area contributed by atoms with Crippen LogP contribution in [0.4, 0.5) is 0 Å². The molecule has 1 aromatic heterocycles. The molecule has 0 aromatic carbocycles. The molecule has 0 saturated heterocycles. The Hall–Kier alpha value is -1.13. The highest BCUT2D eigenvalue weighted by atomic mass is 32.1. The maximum absolute atomic E-state index is 11.9. The van der Waals surface area contributed by atoms with E-state index in [4.69, 9.17) is 0 Å². The fourth-order valence-electron chi connectivity index (χ4n) is 3.01. The van der Waals surface area contributed by atoms with E-state index in [0.29, 0.717) is 13.0 Å². The van der Waals surface area contributed by atoms with E-state index >= 15 is 0 Å². The summed E-state index contributed by atoms with van der Waals surface area (Å²) in [5.74, 6) is 0.105. The molecule has 3 nitrogen and oxygen atoms in total. The topological polar surface area (TPSA) is 49.3 Å². The van der Waals surface area contributed by atoms with Crippen LogP contribution in [0.5, 0.6) is 0 Å². The molecule has 1 unspecified atom stereocenters. The average molecular weight is 307 g/mol. The molecule has 4 heteroatoms. The van der Waals surface area contributed by atoms with Gasteiger partial charge in [-0.3, -0.25) is 4.79 Å². The van der Waals surface area contributed by atoms with Gasteiger partial charge in [-0.1, -0.05) is 18.9 Å². The van der Waals surface area contributed by atoms with Crippen LogP contribution in [0, 0.1) is 0 Å². The Bertz CT molecular complexity index is 487. The van der Waals surface area contributed by atoms with Gasteiger partial charge in [0.1, 0.15) is 0 Å². The zero-order chi connectivity index (χ0) is 15.3. The number of amides is 1. The molecular weight excluding hydrogens is 282 g/mol. The van der Waals surface area contributed by atoms with Crippen LogP contribution >= 0.6 is 11.3 Å². The van der Waals surface area contributed by atoms with Crippen molar-refractivity contribution in [2.75, 3.05) is 6.54 Å². The molecule has 1 atom stereocenters. The number of allylic oxidation sites excluding steroid dienone is 1. The minimum atomic E-state index is -0.413. The number of carbonyl (C=O) groups is 1. The van der Waals surface area contributed by atoms with Crippen molar-refractivity contribution >= 4 is 17.2 Å². The first-order valence-corrected chi connectivity index (χ1v) is 8.55. The van der Waals surface area contributed by atoms with Gasteiger partial charge in [0, 0.05) is 28.1 Å². The van der Waals surface area contributed by atoms with Gasteiger partial charge in [-0.25, -0.2) is 0 Å². The smallest absolute Gasteiger partial charge is 0.220 e. The van der Waals surface area contributed by atoms with E-state index in [0.717, 1.165) is 24.1 Å². The van der Waals surface area contributed by atoms with Crippen molar-refractivity contribution in [1.29, 1.82) is 0 Å². The predicted octanol–water partition coefficient (Wildman–Crippen LogP) is 3.70. The van der Waals surface area contributed by atoms with Crippen LogP contribution in [0.15, 0.2) is 24.8 Å². The summed E-state index contributed by atoms with van der Waals surface area (Å²) in [5, 5.41) is 12.8. The molecule has 2 N–H and O–H groups in total. The van der Waals surface area contributed by atoms with Gasteiger partial charge in [0.15, 0.2) is 0 Å². The Morgan fingerprint density at radius 3 is 2.81 bits per heavy atom. The van der Waals surface area contributed by atoms with E-state index in [9.17, 15) is 9.90 Å². The first-order chi connectivity index (χ1) is 10.1. The van der Waals surface area contributed by atoms with Crippen molar-refractivity contribution in [3.05, 3.63) is 34.5 Å². The minimum absolute atomic E-state index is 0.0711. The van der Waals surface area contributed by atoms with Gasteiger partial charge in [0.05, 0.1) is 6.10 Å². The van der Waals surface area contributed by atoms with Gasteiger partial charge < -0.3 is 10.4 Å². The third-order valence-electron chi connectivity index (χ3n) is 4.32. The number of carbonyl (C=O) groups excluding carboxylic acids is 1. The lowest BCUT2D eigenvalue weighted by Crippen LogP contribution is -2.38. The van der Waals surface area contributed by atoms with Crippen molar-refractivity contribution < 1.29 is 9.90 Å². The normalized spacial score (nSPS) is 18.4. The molecule has 1 saturated carbocycles. The monoisotopic (exact) mass is 307 g/mol. The standard InChI is InChI=1S/C17H25NO2S/c1-3-4-7-16(20)18-12-17(10-5-6-11-17)15-9-8-14(21-15)13(2)19/h3,8-9,13,19H,1,4-7,10-12H2,2H3,(H,18,20). The van der Waals surface area contributed by atoms with Gasteiger partial charge >= 0.3 is 0 Å². The van der Waals surface area contributed by atoms with Gasteiger partial charge in [0.2, 0.25) is 5.91 Å². The zero-order valence-corrected chi connectivity index (χ0v) is 13.5. The zero-order valence-electron chi connectivity index (χ0n) is 12.7. The molecule has 1 amide bonds. The third-order valence-corrected chi connectivity index (χ3v) is 5.82. The molecule has 1 aliphatic rings. The third kappa shape index (κ3) is 3.95. The molecular formula is C17H25NO2S. The Morgan fingerprint density at radius 1 is 1.52 bits per heavy atom. The van der Waals surface area contributed by atoms with Gasteiger partial charge in [0.25, 0.3) is 0 Å². The number of nitrogens with one attached hydrogen (secondary N) is 1. The summed E-state index contributed by atoms with van der Waals surface area (Å²) in [6.45, 7) is 6.16. The summed E-state index contributed by atoms with van der Waals surface area (Å²) in [7, 11) is 0. The maximum Gasteiger partial charge on any atom is 0.220 e. The first-order valence-electron chi connectivity index (χ1n) is 7.73. The number of rotatable bonds is 7. The Kier molecular flexibility index (Phi) is 5.59. The number of aliphatic hydroxyl groups excluding tert-OH is 1. The molecule has 1 aliphatic carbocycles. The second-order valence-electron chi connectivity index (χ2n) is 5.97. The maximum atomic E-state index is 11.9. The lowest BCUT2D eigenvalue weighted by Gasteiger charge is -2.28. The SMILES string of the molecule is C=CCCC(=O)NCC1(c2ccc(C(C)O)s2)CCCC1. The van der Waals surface area contributed by atoms with E-state index in [-0.39, 0.29) is 11.3 Å². The van der Waals surface area contributed by atoms with Crippen molar-refractivity contribution in [2.24, 2.45) is 0 Å². The Balaban J connectivity index is 2.05. The molecule has 1 aromatic rings. The van der Waals surface area contributed by atoms with E-state index in [1.165, 1.54) is 17.7 Å². The summed E-state index contributed by atoms with van der Waals surface area (Å²) in [6.07, 6.45) is 7.27. The molecule has 0 spiro atoms. The highest BCUT2D eigenvalue weighted by molar-refractivity contribution is 7.12. The van der Waals surface area contributed by atoms with E-state index in [1.807, 2.05) is 6.07 Å². The number of thiophene rings is 1. The van der Waals surface area contributed by atoms with Gasteiger partial charge in [-0.2, -0.15) is 0 Å². The fourth-order valence-corrected chi connectivity index (χ4v) is 4.20. The van der Waals surface area contributed by atoms with E-state index < -0.39 is 6.10 Å². The summed E-state index contributed by atoms with van der Waals surface area (Å²) in [4.78, 5) is 14.2. The van der Waals surface area contributed by atoms with Gasteiger partial charge in [-0.05, 0) is 38.3 Å². The quantitative estimate of drug-likeness (QED) is 0.755. The molecule has 1 fully saturated rings. The molecule has 116 valence electrons. The highest BCUT2D eigenvalue weighted by Gasteiger charge is 2.37. The van der Waals surface area contributed by atoms with Crippen LogP contribution in [0.3, 0.4) is 0 Å². The van der Waals surface area contributed by atoms with Crippen molar-refractivity contribution in [3.8, 4) is 0 Å². The number of hydrogen-bond donors (Lipinski definition) is 2. The van der Waals surface area contributed by atoms with Crippen LogP contribution in [0.2, 0.25) is 0 Å². The highest BCUT2D eigenvalue weighted by Crippen LogP contribution is 2.44. The fraction of sp³-hybridized carbons (Fsp3) is 0.588. The molecule has 2 rings (SSSR count). The summed E-state index contributed by atoms with van der Waals surface area (Å²) in [5.41, 5.74) is 0.0711. The van der Waals surface area contributed by atoms with Crippen LogP contribution in [-0.4, -0.2) is 17.6 Å². The van der Waals surface area contributed by atoms with Crippen molar-refractivity contribution in [3.63, 3.8) is 0 Å². The molecule has 21 heavy (non-hydrogen) atoms. The largest absolute Gasteiger partial charge is 0.388 e. The predicted molar refractivity (Wildman–Crippen MR) is 87.5 cm³/mol. The summed E-state index contributed by atoms with van der Waals surface area (Å²) >= 11 is 1.69. The molecule has 0 aliphatic heterocycles. The summed E-state index contributed by atoms with van der Waals surface area (Å²) in [6, 6.07) is 4.15. The molecule has 1 heterocycles. The van der Waals surface area contributed by atoms with E-state index in [1.54, 1.807) is 24.3 Å². The lowest BCUT2D eigenvalue weighted by atomic mass is 9.84. The molecule has 0 radical (unpaired) electrons. The van der Waals surface area contributed by atoms with Crippen molar-refractivity contribution in [2.45, 2.75) is 57.0 Å². The van der Waals surface area contributed by atoms with Crippen LogP contribution in [-0.2, 0) is 10.2 Å². The van der Waals surface area contributed by atoms with Crippen LogP contribution in [0.25, 0.3) is 0 Å². The Labute approximate surface area is 131 Å². The summed E-state index contributed by atoms with van der Waals surface area (Å²) < 4.78 is 0. The molecule has 0 bridgehead atoms. The van der Waals surface area contributed by atoms with Gasteiger partial charge in [-0.15, -0.1) is 17.9 Å². The van der Waals surface area contributed by atoms with Crippen LogP contribution in [0.1, 0.15) is 61.3 Å². The average Bonchev–Trinajstić information content (AvgIpc) is 3.12. The minimum Gasteiger partial charge on any atom is -0.388 e. The van der Waals surface area contributed by atoms with E-state index in [2.05, 4.69) is 18.0 Å². The first kappa shape index (κ1) is 16.2. The second kappa shape index (κ2) is 7.23. The number of aliphatic hydroxyl groups is 1. The number of hydrogen-bond acceptors (Lipinski definition) is 3.